The van der Waals surface area contributed by atoms with Crippen LogP contribution in [0.5, 0.6) is 0 Å². The van der Waals surface area contributed by atoms with Crippen molar-refractivity contribution in [3.8, 4) is 0 Å². The van der Waals surface area contributed by atoms with Crippen LogP contribution in [0.25, 0.3) is 0 Å². The summed E-state index contributed by atoms with van der Waals surface area (Å²) in [5, 5.41) is 6.89. The standard InChI is InChI=1S/C22H25N3.ClH/c1-22(2)18-11-7-8-12-20(18)24(3)21(22)14-16-25-15-13-19(23-25)17-9-5-4-6-10-17;/h4-12,14,16,21H,13,15H2,1-3H3;1H/b16-14+;. The summed E-state index contributed by atoms with van der Waals surface area (Å²) in [6.07, 6.45) is 5.52. The fourth-order valence-electron chi connectivity index (χ4n) is 4.25. The number of hydrazone groups is 1. The normalized spacial score (nSPS) is 23.7. The summed E-state index contributed by atoms with van der Waals surface area (Å²) < 4.78 is 0. The van der Waals surface area contributed by atoms with E-state index in [0.717, 1.165) is 13.0 Å². The van der Waals surface area contributed by atoms with Gasteiger partial charge in [0, 0.05) is 24.7 Å². The summed E-state index contributed by atoms with van der Waals surface area (Å²) in [5.41, 5.74) is 5.41. The minimum absolute atomic E-state index is 0. The Bertz CT molecular complexity index is 826. The monoisotopic (exact) mass is 367 g/mol. The molecular weight excluding hydrogens is 342 g/mol. The highest BCUT2D eigenvalue weighted by atomic mass is 35.5. The summed E-state index contributed by atoms with van der Waals surface area (Å²) in [6, 6.07) is 19.7. The number of halogens is 1. The lowest BCUT2D eigenvalue weighted by molar-refractivity contribution is -0.828. The number of para-hydroxylation sites is 1. The van der Waals surface area contributed by atoms with Crippen LogP contribution in [0.4, 0.5) is 5.69 Å². The zero-order valence-corrected chi connectivity index (χ0v) is 16.4. The van der Waals surface area contributed by atoms with Crippen molar-refractivity contribution in [2.45, 2.75) is 31.7 Å². The Kier molecular flexibility index (Phi) is 5.22. The van der Waals surface area contributed by atoms with Crippen LogP contribution in [0.3, 0.4) is 0 Å². The van der Waals surface area contributed by atoms with Crippen LogP contribution >= 0.6 is 0 Å². The van der Waals surface area contributed by atoms with E-state index in [-0.39, 0.29) is 17.8 Å². The molecule has 3 nitrogen and oxygen atoms in total. The lowest BCUT2D eigenvalue weighted by Crippen LogP contribution is -3.07. The molecule has 2 aromatic rings. The second kappa shape index (κ2) is 7.26. The van der Waals surface area contributed by atoms with E-state index in [1.165, 1.54) is 27.4 Å². The van der Waals surface area contributed by atoms with E-state index in [1.807, 2.05) is 0 Å². The summed E-state index contributed by atoms with van der Waals surface area (Å²) >= 11 is 0. The smallest absolute Gasteiger partial charge is 0.135 e. The molecule has 0 saturated heterocycles. The summed E-state index contributed by atoms with van der Waals surface area (Å²) in [5.74, 6) is 0. The molecule has 4 rings (SSSR count). The van der Waals surface area contributed by atoms with E-state index in [9.17, 15) is 0 Å². The van der Waals surface area contributed by atoms with Gasteiger partial charge in [0.15, 0.2) is 0 Å². The van der Waals surface area contributed by atoms with Crippen LogP contribution < -0.4 is 17.3 Å². The van der Waals surface area contributed by atoms with E-state index >= 15 is 0 Å². The summed E-state index contributed by atoms with van der Waals surface area (Å²) in [7, 11) is 2.27. The average Bonchev–Trinajstić information content (AvgIpc) is 3.17. The van der Waals surface area contributed by atoms with Crippen LogP contribution in [0.15, 0.2) is 72.0 Å². The molecular formula is C22H26ClN3. The van der Waals surface area contributed by atoms with Crippen LogP contribution in [-0.4, -0.2) is 30.4 Å². The van der Waals surface area contributed by atoms with Crippen molar-refractivity contribution in [1.82, 2.24) is 5.01 Å². The number of nitrogens with zero attached hydrogens (tertiary/aromatic N) is 2. The predicted octanol–water partition coefficient (Wildman–Crippen LogP) is 0.120. The van der Waals surface area contributed by atoms with Crippen molar-refractivity contribution < 1.29 is 17.3 Å². The molecule has 4 heteroatoms. The molecule has 0 fully saturated rings. The van der Waals surface area contributed by atoms with Gasteiger partial charge in [0.2, 0.25) is 0 Å². The van der Waals surface area contributed by atoms with E-state index in [2.05, 4.69) is 92.8 Å². The number of quaternary nitrogens is 1. The van der Waals surface area contributed by atoms with Crippen LogP contribution in [0, 0.1) is 0 Å². The van der Waals surface area contributed by atoms with E-state index in [0.29, 0.717) is 6.04 Å². The Morgan fingerprint density at radius 3 is 2.50 bits per heavy atom. The van der Waals surface area contributed by atoms with E-state index in [1.54, 1.807) is 0 Å². The van der Waals surface area contributed by atoms with Gasteiger partial charge in [0.05, 0.1) is 18.2 Å². The molecule has 2 atom stereocenters. The first-order chi connectivity index (χ1) is 12.1. The third kappa shape index (κ3) is 3.17. The van der Waals surface area contributed by atoms with Gasteiger partial charge in [-0.15, -0.1) is 0 Å². The molecule has 0 aliphatic carbocycles. The van der Waals surface area contributed by atoms with Gasteiger partial charge in [-0.2, -0.15) is 5.10 Å². The number of hydrogen-bond donors (Lipinski definition) is 1. The van der Waals surface area contributed by atoms with Crippen molar-refractivity contribution in [2.75, 3.05) is 13.6 Å². The molecule has 0 spiro atoms. The fourth-order valence-corrected chi connectivity index (χ4v) is 4.25. The third-order valence-electron chi connectivity index (χ3n) is 5.67. The average molecular weight is 368 g/mol. The summed E-state index contributed by atoms with van der Waals surface area (Å²) in [4.78, 5) is 1.46. The van der Waals surface area contributed by atoms with Crippen molar-refractivity contribution >= 4 is 11.4 Å². The molecule has 2 aliphatic heterocycles. The predicted molar refractivity (Wildman–Crippen MR) is 103 cm³/mol. The third-order valence-corrected chi connectivity index (χ3v) is 5.67. The number of nitrogens with one attached hydrogen (secondary N) is 1. The largest absolute Gasteiger partial charge is 1.00 e. The molecule has 136 valence electrons. The Morgan fingerprint density at radius 1 is 1.08 bits per heavy atom. The highest BCUT2D eigenvalue weighted by molar-refractivity contribution is 6.01. The van der Waals surface area contributed by atoms with Crippen LogP contribution in [0.2, 0.25) is 0 Å². The van der Waals surface area contributed by atoms with Gasteiger partial charge in [0.25, 0.3) is 0 Å². The van der Waals surface area contributed by atoms with Crippen LogP contribution in [-0.2, 0) is 5.41 Å². The maximum absolute atomic E-state index is 4.80. The summed E-state index contributed by atoms with van der Waals surface area (Å²) in [6.45, 7) is 5.65. The van der Waals surface area contributed by atoms with Gasteiger partial charge in [-0.05, 0) is 31.6 Å². The van der Waals surface area contributed by atoms with Crippen LogP contribution in [0.1, 0.15) is 31.4 Å². The molecule has 0 saturated carbocycles. The van der Waals surface area contributed by atoms with Crippen molar-refractivity contribution in [2.24, 2.45) is 5.10 Å². The molecule has 2 aliphatic rings. The van der Waals surface area contributed by atoms with Gasteiger partial charge in [0.1, 0.15) is 11.7 Å². The first-order valence-electron chi connectivity index (χ1n) is 9.08. The minimum Gasteiger partial charge on any atom is -1.00 e. The van der Waals surface area contributed by atoms with Crippen molar-refractivity contribution in [1.29, 1.82) is 0 Å². The lowest BCUT2D eigenvalue weighted by atomic mass is 9.80. The molecule has 0 radical (unpaired) electrons. The number of benzene rings is 2. The van der Waals surface area contributed by atoms with E-state index < -0.39 is 0 Å². The minimum atomic E-state index is 0. The second-order valence-electron chi connectivity index (χ2n) is 7.60. The van der Waals surface area contributed by atoms with Gasteiger partial charge >= 0.3 is 0 Å². The topological polar surface area (TPSA) is 20.0 Å². The maximum Gasteiger partial charge on any atom is 0.135 e. The lowest BCUT2D eigenvalue weighted by Gasteiger charge is -2.25. The molecule has 0 amide bonds. The number of rotatable bonds is 3. The quantitative estimate of drug-likeness (QED) is 0.817. The molecule has 1 N–H and O–H groups in total. The first kappa shape index (κ1) is 18.7. The first-order valence-corrected chi connectivity index (χ1v) is 9.08. The van der Waals surface area contributed by atoms with Crippen molar-refractivity contribution in [3.63, 3.8) is 0 Å². The van der Waals surface area contributed by atoms with Crippen molar-refractivity contribution in [3.05, 3.63) is 78.0 Å². The van der Waals surface area contributed by atoms with Gasteiger partial charge in [-0.3, -0.25) is 9.91 Å². The van der Waals surface area contributed by atoms with Gasteiger partial charge in [-0.1, -0.05) is 48.5 Å². The Labute approximate surface area is 162 Å². The molecule has 0 bridgehead atoms. The molecule has 2 unspecified atom stereocenters. The second-order valence-corrected chi connectivity index (χ2v) is 7.60. The molecule has 2 aromatic carbocycles. The SMILES string of the molecule is C[NH+]1c2ccccc2C(C)(C)C1/C=C/N1CCC(c2ccccc2)=N1.[Cl-]. The van der Waals surface area contributed by atoms with E-state index in [4.69, 9.17) is 5.10 Å². The Hall–Kier alpha value is -2.10. The Balaban J connectivity index is 0.00000196. The zero-order valence-electron chi connectivity index (χ0n) is 15.6. The van der Waals surface area contributed by atoms with Gasteiger partial charge in [-0.25, -0.2) is 0 Å². The molecule has 0 aromatic heterocycles. The molecule has 26 heavy (non-hydrogen) atoms. The zero-order chi connectivity index (χ0) is 17.4. The van der Waals surface area contributed by atoms with Gasteiger partial charge < -0.3 is 12.4 Å². The number of likely N-dealkylation sites (N-methyl/N-ethyl adjacent to an activating group) is 1. The number of hydrogen-bond acceptors (Lipinski definition) is 2. The fraction of sp³-hybridized carbons (Fsp3) is 0.318. The maximum atomic E-state index is 4.80. The Morgan fingerprint density at radius 2 is 1.77 bits per heavy atom. The highest BCUT2D eigenvalue weighted by Crippen LogP contribution is 2.36. The highest BCUT2D eigenvalue weighted by Gasteiger charge is 2.46. The number of fused-ring (bicyclic) bond motifs is 1. The molecule has 2 heterocycles.